The van der Waals surface area contributed by atoms with Gasteiger partial charge in [0, 0.05) is 0 Å². The lowest BCUT2D eigenvalue weighted by Gasteiger charge is -2.29. The summed E-state index contributed by atoms with van der Waals surface area (Å²) in [4.78, 5) is 11.0. The van der Waals surface area contributed by atoms with Gasteiger partial charge in [-0.1, -0.05) is 12.1 Å². The van der Waals surface area contributed by atoms with Crippen molar-refractivity contribution in [3.8, 4) is 5.75 Å². The van der Waals surface area contributed by atoms with E-state index in [0.29, 0.717) is 13.2 Å². The number of carboxylic acid groups (broad SMARTS) is 1. The fourth-order valence-corrected chi connectivity index (χ4v) is 1.79. The molecule has 2 atom stereocenters. The van der Waals surface area contributed by atoms with Crippen LogP contribution >= 0.6 is 0 Å². The largest absolute Gasteiger partial charge is 0.497 e. The number of rotatable bonds is 3. The van der Waals surface area contributed by atoms with Crippen molar-refractivity contribution in [2.45, 2.75) is 12.2 Å². The number of methoxy groups -OCH3 is 1. The molecule has 0 aliphatic carbocycles. The number of carbonyl (C=O) groups is 1. The van der Waals surface area contributed by atoms with Crippen LogP contribution in [-0.2, 0) is 14.3 Å². The molecule has 0 amide bonds. The van der Waals surface area contributed by atoms with E-state index in [0.717, 1.165) is 11.3 Å². The zero-order valence-electron chi connectivity index (χ0n) is 9.46. The molecule has 0 aromatic heterocycles. The molecule has 0 bridgehead atoms. The first-order valence-electron chi connectivity index (χ1n) is 5.32. The topological polar surface area (TPSA) is 65.0 Å². The van der Waals surface area contributed by atoms with Gasteiger partial charge in [0.2, 0.25) is 0 Å². The first kappa shape index (κ1) is 11.9. The summed E-state index contributed by atoms with van der Waals surface area (Å²) in [6.45, 7) is 0.712. The van der Waals surface area contributed by atoms with Gasteiger partial charge in [0.25, 0.3) is 0 Å². The van der Waals surface area contributed by atoms with E-state index >= 15 is 0 Å². The quantitative estimate of drug-likeness (QED) is 0.858. The van der Waals surface area contributed by atoms with Crippen molar-refractivity contribution in [1.29, 1.82) is 0 Å². The Kier molecular flexibility index (Phi) is 3.61. The van der Waals surface area contributed by atoms with Gasteiger partial charge >= 0.3 is 5.97 Å². The third kappa shape index (κ3) is 2.57. The van der Waals surface area contributed by atoms with Crippen molar-refractivity contribution in [2.24, 2.45) is 0 Å². The van der Waals surface area contributed by atoms with Crippen LogP contribution in [0, 0.1) is 0 Å². The molecular formula is C12H14O5. The molecule has 0 saturated carbocycles. The first-order chi connectivity index (χ1) is 8.22. The molecule has 17 heavy (non-hydrogen) atoms. The molecule has 5 nitrogen and oxygen atoms in total. The predicted molar refractivity (Wildman–Crippen MR) is 59.1 cm³/mol. The van der Waals surface area contributed by atoms with Gasteiger partial charge < -0.3 is 19.3 Å². The number of benzene rings is 1. The van der Waals surface area contributed by atoms with Crippen molar-refractivity contribution in [2.75, 3.05) is 20.3 Å². The molecule has 5 heteroatoms. The Hall–Kier alpha value is -1.59. The predicted octanol–water partition coefficient (Wildman–Crippen LogP) is 1.24. The lowest BCUT2D eigenvalue weighted by atomic mass is 10.0. The molecule has 1 fully saturated rings. The van der Waals surface area contributed by atoms with E-state index in [-0.39, 0.29) is 0 Å². The number of ether oxygens (including phenoxy) is 3. The molecule has 1 saturated heterocycles. The smallest absolute Gasteiger partial charge is 0.335 e. The van der Waals surface area contributed by atoms with Crippen molar-refractivity contribution >= 4 is 5.97 Å². The van der Waals surface area contributed by atoms with Crippen LogP contribution in [0.3, 0.4) is 0 Å². The van der Waals surface area contributed by atoms with Crippen molar-refractivity contribution in [3.05, 3.63) is 29.8 Å². The Morgan fingerprint density at radius 3 is 2.53 bits per heavy atom. The number of carboxylic acids is 1. The highest BCUT2D eigenvalue weighted by Crippen LogP contribution is 2.28. The zero-order chi connectivity index (χ0) is 12.3. The van der Waals surface area contributed by atoms with E-state index in [4.69, 9.17) is 19.3 Å². The van der Waals surface area contributed by atoms with Gasteiger partial charge in [0.1, 0.15) is 11.9 Å². The summed E-state index contributed by atoms with van der Waals surface area (Å²) in [5.74, 6) is -0.289. The Morgan fingerprint density at radius 2 is 1.94 bits per heavy atom. The third-order valence-electron chi connectivity index (χ3n) is 2.64. The maximum Gasteiger partial charge on any atom is 0.335 e. The van der Waals surface area contributed by atoms with E-state index in [1.54, 1.807) is 31.4 Å². The van der Waals surface area contributed by atoms with E-state index in [2.05, 4.69) is 0 Å². The van der Waals surface area contributed by atoms with Crippen LogP contribution < -0.4 is 4.74 Å². The maximum absolute atomic E-state index is 11.0. The van der Waals surface area contributed by atoms with Gasteiger partial charge in [-0.3, -0.25) is 0 Å². The maximum atomic E-state index is 11.0. The molecule has 0 spiro atoms. The van der Waals surface area contributed by atoms with Crippen molar-refractivity contribution in [3.63, 3.8) is 0 Å². The molecule has 1 aromatic carbocycles. The molecule has 2 unspecified atom stereocenters. The van der Waals surface area contributed by atoms with E-state index in [1.165, 1.54) is 0 Å². The highest BCUT2D eigenvalue weighted by Gasteiger charge is 2.34. The average Bonchev–Trinajstić information content (AvgIpc) is 2.39. The van der Waals surface area contributed by atoms with Gasteiger partial charge in [0.05, 0.1) is 20.3 Å². The second-order valence-electron chi connectivity index (χ2n) is 3.69. The summed E-state index contributed by atoms with van der Waals surface area (Å²) in [6, 6.07) is 7.11. The van der Waals surface area contributed by atoms with Crippen LogP contribution in [-0.4, -0.2) is 37.5 Å². The van der Waals surface area contributed by atoms with E-state index in [9.17, 15) is 4.79 Å². The Bertz CT molecular complexity index is 386. The summed E-state index contributed by atoms with van der Waals surface area (Å²) in [7, 11) is 1.58. The second kappa shape index (κ2) is 5.16. The van der Waals surface area contributed by atoms with Crippen LogP contribution in [0.4, 0.5) is 0 Å². The fraction of sp³-hybridized carbons (Fsp3) is 0.417. The molecule has 1 aliphatic heterocycles. The normalized spacial score (nSPS) is 24.3. The molecular weight excluding hydrogens is 224 g/mol. The Balaban J connectivity index is 2.20. The fourth-order valence-electron chi connectivity index (χ4n) is 1.79. The van der Waals surface area contributed by atoms with Crippen LogP contribution in [0.5, 0.6) is 5.75 Å². The molecule has 1 aromatic rings. The highest BCUT2D eigenvalue weighted by atomic mass is 16.6. The average molecular weight is 238 g/mol. The first-order valence-corrected chi connectivity index (χ1v) is 5.32. The van der Waals surface area contributed by atoms with Gasteiger partial charge in [-0.05, 0) is 17.7 Å². The summed E-state index contributed by atoms with van der Waals surface area (Å²) >= 11 is 0. The number of aliphatic carboxylic acids is 1. The van der Waals surface area contributed by atoms with E-state index < -0.39 is 18.2 Å². The summed E-state index contributed by atoms with van der Waals surface area (Å²) in [6.07, 6.45) is -1.51. The minimum atomic E-state index is -1.01. The standard InChI is InChI=1S/C12H14O5/c1-15-9-4-2-8(3-5-9)10-11(12(13)14)17-7-6-16-10/h2-5,10-11H,6-7H2,1H3,(H,13,14). The molecule has 92 valence electrons. The summed E-state index contributed by atoms with van der Waals surface area (Å²) in [5.41, 5.74) is 0.776. The lowest BCUT2D eigenvalue weighted by Crippen LogP contribution is -2.38. The second-order valence-corrected chi connectivity index (χ2v) is 3.69. The Morgan fingerprint density at radius 1 is 1.29 bits per heavy atom. The lowest BCUT2D eigenvalue weighted by molar-refractivity contribution is -0.181. The van der Waals surface area contributed by atoms with Crippen molar-refractivity contribution in [1.82, 2.24) is 0 Å². The van der Waals surface area contributed by atoms with Crippen LogP contribution in [0.15, 0.2) is 24.3 Å². The van der Waals surface area contributed by atoms with Crippen molar-refractivity contribution < 1.29 is 24.1 Å². The summed E-state index contributed by atoms with van der Waals surface area (Å²) in [5, 5.41) is 9.04. The van der Waals surface area contributed by atoms with Gasteiger partial charge in [-0.25, -0.2) is 4.79 Å². The summed E-state index contributed by atoms with van der Waals surface area (Å²) < 4.78 is 15.7. The Labute approximate surface area is 98.9 Å². The van der Waals surface area contributed by atoms with Gasteiger partial charge in [0.15, 0.2) is 6.10 Å². The SMILES string of the molecule is COc1ccc(C2OCCOC2C(=O)O)cc1. The van der Waals surface area contributed by atoms with Crippen LogP contribution in [0.1, 0.15) is 11.7 Å². The molecule has 1 heterocycles. The minimum Gasteiger partial charge on any atom is -0.497 e. The molecule has 2 rings (SSSR count). The zero-order valence-corrected chi connectivity index (χ0v) is 9.46. The minimum absolute atomic E-state index is 0.309. The highest BCUT2D eigenvalue weighted by molar-refractivity contribution is 5.73. The third-order valence-corrected chi connectivity index (χ3v) is 2.64. The number of hydrogen-bond acceptors (Lipinski definition) is 4. The van der Waals surface area contributed by atoms with Gasteiger partial charge in [-0.15, -0.1) is 0 Å². The van der Waals surface area contributed by atoms with Gasteiger partial charge in [-0.2, -0.15) is 0 Å². The monoisotopic (exact) mass is 238 g/mol. The molecule has 1 N–H and O–H groups in total. The molecule has 0 radical (unpaired) electrons. The number of hydrogen-bond donors (Lipinski definition) is 1. The molecule has 1 aliphatic rings. The van der Waals surface area contributed by atoms with E-state index in [1.807, 2.05) is 0 Å². The van der Waals surface area contributed by atoms with Crippen LogP contribution in [0.2, 0.25) is 0 Å². The van der Waals surface area contributed by atoms with Crippen LogP contribution in [0.25, 0.3) is 0 Å².